The van der Waals surface area contributed by atoms with E-state index in [1.165, 1.54) is 0 Å². The first-order chi connectivity index (χ1) is 9.46. The highest BCUT2D eigenvalue weighted by molar-refractivity contribution is 6.31. The Labute approximate surface area is 128 Å². The van der Waals surface area contributed by atoms with E-state index >= 15 is 0 Å². The highest BCUT2D eigenvalue weighted by atomic mass is 35.5. The summed E-state index contributed by atoms with van der Waals surface area (Å²) in [7, 11) is 0. The molecule has 104 valence electrons. The normalized spacial score (nSPS) is 31.1. The molecule has 1 atom stereocenters. The number of benzene rings is 1. The summed E-state index contributed by atoms with van der Waals surface area (Å²) in [5.41, 5.74) is -0.233. The maximum atomic E-state index is 12.8. The summed E-state index contributed by atoms with van der Waals surface area (Å²) in [6, 6.07) is 7.61. The Morgan fingerprint density at radius 3 is 2.74 bits per heavy atom. The van der Waals surface area contributed by atoms with Gasteiger partial charge in [-0.1, -0.05) is 36.2 Å². The lowest BCUT2D eigenvalue weighted by Crippen LogP contribution is -2.52. The van der Waals surface area contributed by atoms with E-state index in [4.69, 9.17) is 14.3 Å². The minimum atomic E-state index is -1.78. The van der Waals surface area contributed by atoms with Crippen molar-refractivity contribution in [2.45, 2.75) is 50.1 Å². The van der Waals surface area contributed by atoms with Crippen molar-refractivity contribution in [1.29, 1.82) is 0 Å². The van der Waals surface area contributed by atoms with Crippen LogP contribution in [0.5, 0.6) is 0 Å². The van der Waals surface area contributed by atoms with Gasteiger partial charge in [-0.2, -0.15) is 0 Å². The number of carbonyl (C=O) groups is 1. The van der Waals surface area contributed by atoms with E-state index in [2.05, 4.69) is 5.32 Å². The van der Waals surface area contributed by atoms with Gasteiger partial charge in [-0.25, -0.2) is 0 Å². The lowest BCUT2D eigenvalue weighted by atomic mass is 9.75. The van der Waals surface area contributed by atoms with Crippen molar-refractivity contribution >= 4 is 29.8 Å². The zero-order valence-electron chi connectivity index (χ0n) is 12.6. The fourth-order valence-corrected chi connectivity index (χ4v) is 2.97. The zero-order valence-corrected chi connectivity index (χ0v) is 12.2. The number of rotatable bonds is 3. The fraction of sp³-hybridized carbons (Fsp3) is 0.533. The minimum absolute atomic E-state index is 0. The van der Waals surface area contributed by atoms with Gasteiger partial charge in [0.05, 0.1) is 0 Å². The van der Waals surface area contributed by atoms with Crippen LogP contribution < -0.4 is 5.32 Å². The predicted molar refractivity (Wildman–Crippen MR) is 80.0 cm³/mol. The fourth-order valence-electron chi connectivity index (χ4n) is 2.68. The number of ketones is 1. The number of carbonyl (C=O) groups excluding carboxylic acids is 1. The van der Waals surface area contributed by atoms with Gasteiger partial charge in [0.15, 0.2) is 5.78 Å². The Morgan fingerprint density at radius 2 is 2.05 bits per heavy atom. The van der Waals surface area contributed by atoms with E-state index in [-0.39, 0.29) is 18.2 Å². The lowest BCUT2D eigenvalue weighted by molar-refractivity contribution is -0.128. The molecule has 0 radical (unpaired) electrons. The van der Waals surface area contributed by atoms with E-state index in [0.717, 1.165) is 18.4 Å². The summed E-state index contributed by atoms with van der Waals surface area (Å²) < 4.78 is 16.0. The van der Waals surface area contributed by atoms with E-state index in [1.54, 1.807) is 6.07 Å². The number of hydrogen-bond acceptors (Lipinski definition) is 2. The number of hydrogen-bond donors (Lipinski definition) is 1. The van der Waals surface area contributed by atoms with Gasteiger partial charge in [0.25, 0.3) is 0 Å². The van der Waals surface area contributed by atoms with E-state index in [0.29, 0.717) is 30.3 Å². The molecule has 2 fully saturated rings. The molecule has 0 aliphatic heterocycles. The SMILES string of the molecule is Cl.[2H]C1([2H])CCCC(NC2CC2)(c2ccccc2Cl)C1=O. The molecule has 2 aliphatic carbocycles. The first-order valence-electron chi connectivity index (χ1n) is 7.53. The summed E-state index contributed by atoms with van der Waals surface area (Å²) in [5.74, 6) is -0.365. The molecule has 2 saturated carbocycles. The molecular weight excluding hydrogens is 281 g/mol. The predicted octanol–water partition coefficient (Wildman–Crippen LogP) is 3.85. The van der Waals surface area contributed by atoms with Crippen molar-refractivity contribution in [1.82, 2.24) is 5.32 Å². The van der Waals surface area contributed by atoms with Crippen LogP contribution in [-0.4, -0.2) is 11.8 Å². The summed E-state index contributed by atoms with van der Waals surface area (Å²) >= 11 is 6.29. The van der Waals surface area contributed by atoms with Crippen molar-refractivity contribution < 1.29 is 7.54 Å². The summed E-state index contributed by atoms with van der Waals surface area (Å²) in [6.45, 7) is 0. The number of Topliss-reactive ketones (excluding diaryl/α,β-unsaturated/α-hetero) is 1. The monoisotopic (exact) mass is 301 g/mol. The Hall–Kier alpha value is -0.570. The van der Waals surface area contributed by atoms with Gasteiger partial charge in [-0.05, 0) is 37.3 Å². The Morgan fingerprint density at radius 1 is 1.32 bits per heavy atom. The van der Waals surface area contributed by atoms with Crippen LogP contribution in [0.3, 0.4) is 0 Å². The molecule has 0 amide bonds. The van der Waals surface area contributed by atoms with Crippen molar-refractivity contribution in [3.8, 4) is 0 Å². The summed E-state index contributed by atoms with van der Waals surface area (Å²) in [4.78, 5) is 12.8. The first-order valence-corrected chi connectivity index (χ1v) is 6.91. The van der Waals surface area contributed by atoms with Crippen LogP contribution in [0.4, 0.5) is 0 Å². The van der Waals surface area contributed by atoms with Crippen molar-refractivity contribution in [3.63, 3.8) is 0 Å². The van der Waals surface area contributed by atoms with Crippen molar-refractivity contribution in [2.75, 3.05) is 0 Å². The van der Waals surface area contributed by atoms with Gasteiger partial charge in [-0.3, -0.25) is 10.1 Å². The molecule has 1 N–H and O–H groups in total. The highest BCUT2D eigenvalue weighted by Crippen LogP contribution is 2.40. The van der Waals surface area contributed by atoms with Gasteiger partial charge >= 0.3 is 0 Å². The van der Waals surface area contributed by atoms with Gasteiger partial charge in [0, 0.05) is 20.2 Å². The quantitative estimate of drug-likeness (QED) is 0.919. The van der Waals surface area contributed by atoms with Crippen LogP contribution in [0.2, 0.25) is 5.02 Å². The zero-order chi connectivity index (χ0) is 14.4. The van der Waals surface area contributed by atoms with Crippen LogP contribution in [-0.2, 0) is 10.3 Å². The highest BCUT2D eigenvalue weighted by Gasteiger charge is 2.45. The molecule has 2 aliphatic rings. The number of nitrogens with one attached hydrogen (secondary N) is 1. The van der Waals surface area contributed by atoms with Crippen LogP contribution in [0.15, 0.2) is 24.3 Å². The second kappa shape index (κ2) is 5.82. The summed E-state index contributed by atoms with van der Waals surface area (Å²) in [5, 5.41) is 3.93. The molecule has 0 spiro atoms. The molecule has 0 aromatic heterocycles. The third-order valence-electron chi connectivity index (χ3n) is 3.76. The molecule has 3 rings (SSSR count). The summed E-state index contributed by atoms with van der Waals surface area (Å²) in [6.07, 6.45) is 1.91. The van der Waals surface area contributed by atoms with E-state index < -0.39 is 11.9 Å². The maximum Gasteiger partial charge on any atom is 0.157 e. The van der Waals surface area contributed by atoms with Gasteiger partial charge in [0.1, 0.15) is 5.54 Å². The van der Waals surface area contributed by atoms with Crippen LogP contribution in [0.1, 0.15) is 46.8 Å². The van der Waals surface area contributed by atoms with E-state index in [1.807, 2.05) is 18.2 Å². The largest absolute Gasteiger partial charge is 0.298 e. The molecule has 1 aromatic rings. The molecule has 2 nitrogen and oxygen atoms in total. The molecule has 0 saturated heterocycles. The van der Waals surface area contributed by atoms with Gasteiger partial charge < -0.3 is 0 Å². The van der Waals surface area contributed by atoms with Crippen LogP contribution in [0, 0.1) is 0 Å². The minimum Gasteiger partial charge on any atom is -0.298 e. The van der Waals surface area contributed by atoms with E-state index in [9.17, 15) is 4.79 Å². The smallest absolute Gasteiger partial charge is 0.157 e. The van der Waals surface area contributed by atoms with Crippen LogP contribution in [0.25, 0.3) is 0 Å². The van der Waals surface area contributed by atoms with Crippen LogP contribution >= 0.6 is 24.0 Å². The van der Waals surface area contributed by atoms with Gasteiger partial charge in [-0.15, -0.1) is 12.4 Å². The maximum absolute atomic E-state index is 12.8. The number of halogens is 2. The topological polar surface area (TPSA) is 29.1 Å². The Balaban J connectivity index is 0.00000161. The van der Waals surface area contributed by atoms with Gasteiger partial charge in [0.2, 0.25) is 0 Å². The third-order valence-corrected chi connectivity index (χ3v) is 4.09. The second-order valence-electron chi connectivity index (χ2n) is 5.16. The second-order valence-corrected chi connectivity index (χ2v) is 5.57. The average molecular weight is 302 g/mol. The molecule has 0 heterocycles. The Kier molecular flexibility index (Phi) is 3.74. The molecule has 0 bridgehead atoms. The molecular formula is C15H19Cl2NO. The van der Waals surface area contributed by atoms with Crippen molar-refractivity contribution in [3.05, 3.63) is 34.9 Å². The average Bonchev–Trinajstić information content (AvgIpc) is 3.20. The molecule has 1 unspecified atom stereocenters. The first kappa shape index (κ1) is 12.2. The standard InChI is InChI=1S/C15H18ClNO.ClH/c16-13-6-2-1-5-12(13)15(17-11-8-9-11)10-4-3-7-14(15)18;/h1-2,5-6,11,17H,3-4,7-10H2;1H/i7D2;. The lowest BCUT2D eigenvalue weighted by Gasteiger charge is -2.38. The van der Waals surface area contributed by atoms with Crippen molar-refractivity contribution in [2.24, 2.45) is 0 Å². The molecule has 4 heteroatoms. The molecule has 19 heavy (non-hydrogen) atoms. The third kappa shape index (κ3) is 2.81. The Bertz CT molecular complexity index is 548. The molecule has 1 aromatic carbocycles.